The molecule has 0 aliphatic heterocycles. The van der Waals surface area contributed by atoms with Crippen molar-refractivity contribution in [2.24, 2.45) is 17.6 Å². The van der Waals surface area contributed by atoms with Gasteiger partial charge in [0.2, 0.25) is 12.2 Å². The molecule has 1 aromatic rings. The van der Waals surface area contributed by atoms with Crippen molar-refractivity contribution in [1.29, 1.82) is 0 Å². The highest BCUT2D eigenvalue weighted by molar-refractivity contribution is 6.22. The molecule has 0 heterocycles. The van der Waals surface area contributed by atoms with E-state index in [4.69, 9.17) is 5.73 Å². The molecule has 0 radical (unpaired) electrons. The molecule has 3 aliphatic carbocycles. The number of carbonyl (C=O) groups excluding carboxylic acids is 4. The number of phenols is 1. The number of nitrogens with zero attached hydrogens (tertiary/aromatic N) is 2. The number of ketones is 2. The molecule has 3 atom stereocenters. The molecule has 0 bridgehead atoms. The first-order valence-electron chi connectivity index (χ1n) is 11.6. The molecule has 6 N–H and O–H groups in total. The van der Waals surface area contributed by atoms with Crippen LogP contribution in [0.25, 0.3) is 5.76 Å². The van der Waals surface area contributed by atoms with Gasteiger partial charge < -0.3 is 36.0 Å². The highest BCUT2D eigenvalue weighted by Crippen LogP contribution is 2.53. The number of Topliss-reactive ketones (excluding diaryl/α,β-unsaturated/α-hetero) is 2. The van der Waals surface area contributed by atoms with Gasteiger partial charge in [-0.25, -0.2) is 0 Å². The van der Waals surface area contributed by atoms with Crippen LogP contribution in [0.15, 0.2) is 23.0 Å². The zero-order valence-electron chi connectivity index (χ0n) is 20.2. The number of anilines is 1. The molecular weight excluding hydrogens is 470 g/mol. The first-order chi connectivity index (χ1) is 16.9. The van der Waals surface area contributed by atoms with Gasteiger partial charge in [-0.15, -0.1) is 0 Å². The molecule has 2 amide bonds. The van der Waals surface area contributed by atoms with Gasteiger partial charge in [0.05, 0.1) is 5.56 Å². The molecule has 0 aromatic heterocycles. The Kier molecular flexibility index (Phi) is 6.07. The summed E-state index contributed by atoms with van der Waals surface area (Å²) in [5, 5.41) is 44.5. The summed E-state index contributed by atoms with van der Waals surface area (Å²) in [6.45, 7) is 2.21. The summed E-state index contributed by atoms with van der Waals surface area (Å²) in [6, 6.07) is 1.72. The van der Waals surface area contributed by atoms with Crippen molar-refractivity contribution in [3.63, 3.8) is 0 Å². The van der Waals surface area contributed by atoms with Gasteiger partial charge >= 0.3 is 0 Å². The summed E-state index contributed by atoms with van der Waals surface area (Å²) < 4.78 is 0. The number of hydrogen-bond acceptors (Lipinski definition) is 9. The van der Waals surface area contributed by atoms with E-state index < -0.39 is 52.0 Å². The number of primary amides is 1. The molecule has 1 fully saturated rings. The molecule has 11 nitrogen and oxygen atoms in total. The molecule has 2 unspecified atom stereocenters. The molecule has 36 heavy (non-hydrogen) atoms. The number of carbonyl (C=O) groups is 4. The van der Waals surface area contributed by atoms with Gasteiger partial charge in [-0.2, -0.15) is 0 Å². The van der Waals surface area contributed by atoms with E-state index in [9.17, 15) is 39.6 Å². The fraction of sp³-hybridized carbons (Fsp3) is 0.440. The maximum Gasteiger partial charge on any atom is 0.255 e. The average molecular weight is 500 g/mol. The predicted molar refractivity (Wildman–Crippen MR) is 128 cm³/mol. The van der Waals surface area contributed by atoms with Crippen molar-refractivity contribution in [1.82, 2.24) is 4.90 Å². The van der Waals surface area contributed by atoms with E-state index in [2.05, 4.69) is 0 Å². The number of nitrogens with two attached hydrogens (primary N) is 1. The van der Waals surface area contributed by atoms with Crippen LogP contribution in [0.3, 0.4) is 0 Å². The second-order valence-electron chi connectivity index (χ2n) is 9.73. The summed E-state index contributed by atoms with van der Waals surface area (Å²) in [5.41, 5.74) is 3.16. The lowest BCUT2D eigenvalue weighted by atomic mass is 9.59. The Hall–Kier alpha value is -3.86. The monoisotopic (exact) mass is 499 g/mol. The van der Waals surface area contributed by atoms with Crippen LogP contribution in [0.4, 0.5) is 5.69 Å². The van der Waals surface area contributed by atoms with E-state index in [0.717, 1.165) is 0 Å². The van der Waals surface area contributed by atoms with E-state index in [0.29, 0.717) is 29.8 Å². The first kappa shape index (κ1) is 25.2. The first-order valence-corrected chi connectivity index (χ1v) is 11.6. The third kappa shape index (κ3) is 3.45. The summed E-state index contributed by atoms with van der Waals surface area (Å²) >= 11 is 0. The van der Waals surface area contributed by atoms with Crippen LogP contribution < -0.4 is 10.6 Å². The van der Waals surface area contributed by atoms with Gasteiger partial charge in [0, 0.05) is 56.3 Å². The number of amides is 2. The summed E-state index contributed by atoms with van der Waals surface area (Å²) in [6.07, 6.45) is 0.540. The number of fused-ring (bicyclic) bond motifs is 3. The smallest absolute Gasteiger partial charge is 0.255 e. The maximum absolute atomic E-state index is 13.6. The second kappa shape index (κ2) is 8.66. The van der Waals surface area contributed by atoms with Crippen molar-refractivity contribution < 1.29 is 39.6 Å². The maximum atomic E-state index is 13.6. The Morgan fingerprint density at radius 3 is 2.44 bits per heavy atom. The van der Waals surface area contributed by atoms with Crippen LogP contribution in [0, 0.1) is 11.8 Å². The summed E-state index contributed by atoms with van der Waals surface area (Å²) in [4.78, 5) is 52.4. The number of phenolic OH excluding ortho intramolecular Hbond substituents is 1. The number of aliphatic hydroxyl groups is 3. The van der Waals surface area contributed by atoms with Crippen molar-refractivity contribution in [3.8, 4) is 5.75 Å². The van der Waals surface area contributed by atoms with E-state index in [1.54, 1.807) is 32.0 Å². The molecule has 192 valence electrons. The Bertz CT molecular complexity index is 1260. The number of rotatable bonds is 6. The van der Waals surface area contributed by atoms with Gasteiger partial charge in [-0.3, -0.25) is 19.2 Å². The molecular formula is C25H29N3O8. The average Bonchev–Trinajstić information content (AvgIpc) is 2.80. The van der Waals surface area contributed by atoms with Crippen LogP contribution in [0.1, 0.15) is 36.5 Å². The minimum absolute atomic E-state index is 0.00489. The highest BCUT2D eigenvalue weighted by Gasteiger charge is 2.60. The minimum Gasteiger partial charge on any atom is -0.508 e. The molecule has 1 aromatic carbocycles. The van der Waals surface area contributed by atoms with Crippen LogP contribution in [0.5, 0.6) is 5.75 Å². The quantitative estimate of drug-likeness (QED) is 0.274. The topological polar surface area (TPSA) is 182 Å². The zero-order chi connectivity index (χ0) is 26.7. The van der Waals surface area contributed by atoms with Gasteiger partial charge in [0.25, 0.3) is 5.91 Å². The Morgan fingerprint density at radius 1 is 1.22 bits per heavy atom. The largest absolute Gasteiger partial charge is 0.508 e. The number of hydrogen-bond donors (Lipinski definition) is 5. The number of benzene rings is 1. The SMILES string of the molecule is CCN(C=O)Cc1cc(N(C)C)c2c(c1O)C(O)=C1C(=O)[C@]3(O)C(O)=C(C(N)=O)C(=O)CC3CC1C2. The van der Waals surface area contributed by atoms with Crippen molar-refractivity contribution in [3.05, 3.63) is 39.7 Å². The second-order valence-corrected chi connectivity index (χ2v) is 9.73. The third-order valence-corrected chi connectivity index (χ3v) is 7.53. The Morgan fingerprint density at radius 2 is 1.89 bits per heavy atom. The van der Waals surface area contributed by atoms with Gasteiger partial charge in [0.1, 0.15) is 22.8 Å². The summed E-state index contributed by atoms with van der Waals surface area (Å²) in [7, 11) is 3.56. The molecule has 0 saturated heterocycles. The fourth-order valence-corrected chi connectivity index (χ4v) is 5.69. The van der Waals surface area contributed by atoms with Crippen LogP contribution in [0.2, 0.25) is 0 Å². The lowest BCUT2D eigenvalue weighted by Gasteiger charge is -2.46. The standard InChI is InChI=1S/C25H29N3O8/c1-4-28(10-29)9-12-7-15(27(2)3)14-6-11-5-13-8-16(30)19(24(26)35)23(34)25(13,36)22(33)17(11)21(32)18(14)20(12)31/h7,10-11,13,31-32,34,36H,4-6,8-9H2,1-3H3,(H2,26,35)/t11?,13?,25-/m0/s1. The fourth-order valence-electron chi connectivity index (χ4n) is 5.69. The van der Waals surface area contributed by atoms with Crippen LogP contribution in [-0.4, -0.2) is 75.5 Å². The van der Waals surface area contributed by atoms with Gasteiger partial charge in [0.15, 0.2) is 11.4 Å². The van der Waals surface area contributed by atoms with Crippen LogP contribution >= 0.6 is 0 Å². The molecule has 11 heteroatoms. The van der Waals surface area contributed by atoms with Gasteiger partial charge in [-0.05, 0) is 37.3 Å². The lowest BCUT2D eigenvalue weighted by Crippen LogP contribution is -2.58. The number of aliphatic hydroxyl groups excluding tert-OH is 2. The van der Waals surface area contributed by atoms with Crippen molar-refractivity contribution >= 4 is 35.3 Å². The molecule has 4 rings (SSSR count). The molecule has 1 saturated carbocycles. The molecule has 3 aliphatic rings. The van der Waals surface area contributed by atoms with Crippen LogP contribution in [-0.2, 0) is 32.1 Å². The van der Waals surface area contributed by atoms with Crippen molar-refractivity contribution in [2.45, 2.75) is 38.3 Å². The summed E-state index contributed by atoms with van der Waals surface area (Å²) in [5.74, 6) is -6.68. The Balaban J connectivity index is 1.94. The van der Waals surface area contributed by atoms with E-state index in [1.807, 2.05) is 0 Å². The Labute approximate surface area is 207 Å². The lowest BCUT2D eigenvalue weighted by molar-refractivity contribution is -0.147. The predicted octanol–water partition coefficient (Wildman–Crippen LogP) is 0.468. The zero-order valence-corrected chi connectivity index (χ0v) is 20.2. The van der Waals surface area contributed by atoms with Crippen molar-refractivity contribution in [2.75, 3.05) is 25.5 Å². The van der Waals surface area contributed by atoms with E-state index in [1.165, 1.54) is 4.90 Å². The van der Waals surface area contributed by atoms with E-state index in [-0.39, 0.29) is 42.7 Å². The molecule has 0 spiro atoms. The van der Waals surface area contributed by atoms with E-state index >= 15 is 0 Å². The van der Waals surface area contributed by atoms with Gasteiger partial charge in [-0.1, -0.05) is 0 Å². The third-order valence-electron chi connectivity index (χ3n) is 7.53. The highest BCUT2D eigenvalue weighted by atomic mass is 16.3. The normalized spacial score (nSPS) is 25.2. The number of aromatic hydroxyl groups is 1. The minimum atomic E-state index is -2.61.